The number of aromatic nitrogens is 2. The average molecular weight is 282 g/mol. The Morgan fingerprint density at radius 2 is 2.05 bits per heavy atom. The highest BCUT2D eigenvalue weighted by Gasteiger charge is 2.17. The summed E-state index contributed by atoms with van der Waals surface area (Å²) >= 11 is 5.68. The van der Waals surface area contributed by atoms with Crippen molar-refractivity contribution in [3.05, 3.63) is 51.3 Å². The lowest BCUT2D eigenvalue weighted by Gasteiger charge is -2.04. The number of hydrogen-bond donors (Lipinski definition) is 1. The summed E-state index contributed by atoms with van der Waals surface area (Å²) in [4.78, 5) is 17.9. The molecule has 0 aliphatic heterocycles. The lowest BCUT2D eigenvalue weighted by molar-refractivity contribution is -0.385. The van der Waals surface area contributed by atoms with Gasteiger partial charge in [0.25, 0.3) is 0 Å². The van der Waals surface area contributed by atoms with Crippen LogP contribution in [0.3, 0.4) is 0 Å². The molecular weight excluding hydrogens is 274 g/mol. The molecule has 2 aromatic rings. The number of nitrogens with zero attached hydrogens (tertiary/aromatic N) is 3. The van der Waals surface area contributed by atoms with Crippen LogP contribution in [0.25, 0.3) is 0 Å². The van der Waals surface area contributed by atoms with Crippen molar-refractivity contribution >= 4 is 17.3 Å². The highest BCUT2D eigenvalue weighted by molar-refractivity contribution is 6.30. The first-order valence-electron chi connectivity index (χ1n) is 5.13. The van der Waals surface area contributed by atoms with Gasteiger partial charge in [0.2, 0.25) is 5.75 Å². The summed E-state index contributed by atoms with van der Waals surface area (Å²) in [5, 5.41) is 19.9. The summed E-state index contributed by atoms with van der Waals surface area (Å²) in [5.74, 6) is -0.00820. The third kappa shape index (κ3) is 3.15. The number of nitro groups is 1. The monoisotopic (exact) mass is 281 g/mol. The Bertz CT molecular complexity index is 603. The van der Waals surface area contributed by atoms with Gasteiger partial charge in [-0.15, -0.1) is 0 Å². The van der Waals surface area contributed by atoms with E-state index in [-0.39, 0.29) is 29.1 Å². The lowest BCUT2D eigenvalue weighted by Crippen LogP contribution is -1.97. The molecule has 1 aromatic carbocycles. The average Bonchev–Trinajstić information content (AvgIpc) is 2.41. The topological polar surface area (TPSA) is 98.4 Å². The fraction of sp³-hybridized carbons (Fsp3) is 0.0909. The van der Waals surface area contributed by atoms with Crippen LogP contribution in [0, 0.1) is 10.1 Å². The first-order chi connectivity index (χ1) is 9.10. The molecule has 8 heteroatoms. The molecule has 0 fully saturated rings. The largest absolute Gasteiger partial charge is 0.417 e. The molecule has 98 valence electrons. The minimum absolute atomic E-state index is 0.00820. The number of nitro benzene ring substituents is 1. The SMILES string of the molecule is O=[N+]([O-])c1cc(Cl)ccc1Oc1ncc(CO)cn1. The van der Waals surface area contributed by atoms with Crippen molar-refractivity contribution in [2.45, 2.75) is 6.61 Å². The second-order valence-corrected chi connectivity index (χ2v) is 3.94. The minimum Gasteiger partial charge on any atom is -0.417 e. The molecule has 0 bridgehead atoms. The zero-order valence-corrected chi connectivity index (χ0v) is 10.2. The molecule has 1 heterocycles. The van der Waals surface area contributed by atoms with Crippen LogP contribution in [0.2, 0.25) is 5.02 Å². The van der Waals surface area contributed by atoms with Gasteiger partial charge < -0.3 is 9.84 Å². The van der Waals surface area contributed by atoms with Crippen molar-refractivity contribution in [3.63, 3.8) is 0 Å². The Kier molecular flexibility index (Phi) is 3.88. The third-order valence-electron chi connectivity index (χ3n) is 2.18. The van der Waals surface area contributed by atoms with Gasteiger partial charge in [0.05, 0.1) is 11.5 Å². The van der Waals surface area contributed by atoms with Gasteiger partial charge in [0, 0.05) is 29.0 Å². The maximum Gasteiger partial charge on any atom is 0.322 e. The van der Waals surface area contributed by atoms with E-state index in [1.807, 2.05) is 0 Å². The Balaban J connectivity index is 2.29. The van der Waals surface area contributed by atoms with Crippen molar-refractivity contribution < 1.29 is 14.8 Å². The van der Waals surface area contributed by atoms with Gasteiger partial charge in [-0.25, -0.2) is 9.97 Å². The number of aliphatic hydroxyl groups excluding tert-OH is 1. The fourth-order valence-electron chi connectivity index (χ4n) is 1.30. The van der Waals surface area contributed by atoms with Crippen molar-refractivity contribution in [2.24, 2.45) is 0 Å². The van der Waals surface area contributed by atoms with Crippen LogP contribution in [0.5, 0.6) is 11.8 Å². The van der Waals surface area contributed by atoms with Crippen molar-refractivity contribution in [3.8, 4) is 11.8 Å². The van der Waals surface area contributed by atoms with Gasteiger partial charge in [0.1, 0.15) is 0 Å². The quantitative estimate of drug-likeness (QED) is 0.682. The molecule has 2 rings (SSSR count). The smallest absolute Gasteiger partial charge is 0.322 e. The van der Waals surface area contributed by atoms with Gasteiger partial charge in [-0.05, 0) is 12.1 Å². The van der Waals surface area contributed by atoms with E-state index < -0.39 is 4.92 Å². The van der Waals surface area contributed by atoms with E-state index in [0.717, 1.165) is 0 Å². The first-order valence-corrected chi connectivity index (χ1v) is 5.51. The molecular formula is C11H8ClN3O4. The number of halogens is 1. The molecule has 19 heavy (non-hydrogen) atoms. The summed E-state index contributed by atoms with van der Waals surface area (Å²) in [6.45, 7) is -0.193. The van der Waals surface area contributed by atoms with Crippen LogP contribution >= 0.6 is 11.6 Å². The van der Waals surface area contributed by atoms with E-state index >= 15 is 0 Å². The van der Waals surface area contributed by atoms with Crippen LogP contribution in [0.4, 0.5) is 5.69 Å². The van der Waals surface area contributed by atoms with E-state index in [0.29, 0.717) is 5.56 Å². The van der Waals surface area contributed by atoms with Crippen LogP contribution in [0.15, 0.2) is 30.6 Å². The highest BCUT2D eigenvalue weighted by atomic mass is 35.5. The van der Waals surface area contributed by atoms with E-state index in [1.165, 1.54) is 30.6 Å². The van der Waals surface area contributed by atoms with Crippen LogP contribution in [-0.2, 0) is 6.61 Å². The molecule has 1 N–H and O–H groups in total. The number of rotatable bonds is 4. The molecule has 0 radical (unpaired) electrons. The maximum absolute atomic E-state index is 10.9. The number of ether oxygens (including phenoxy) is 1. The van der Waals surface area contributed by atoms with Gasteiger partial charge >= 0.3 is 11.7 Å². The third-order valence-corrected chi connectivity index (χ3v) is 2.42. The molecule has 0 aliphatic rings. The van der Waals surface area contributed by atoms with E-state index in [1.54, 1.807) is 0 Å². The second-order valence-electron chi connectivity index (χ2n) is 3.50. The molecule has 0 unspecified atom stereocenters. The Labute approximate surface area is 112 Å². The molecule has 0 spiro atoms. The van der Waals surface area contributed by atoms with Gasteiger partial charge in [-0.3, -0.25) is 10.1 Å². The van der Waals surface area contributed by atoms with Crippen molar-refractivity contribution in [2.75, 3.05) is 0 Å². The first kappa shape index (κ1) is 13.2. The van der Waals surface area contributed by atoms with E-state index in [9.17, 15) is 10.1 Å². The predicted octanol–water partition coefficient (Wildman–Crippen LogP) is 2.32. The standard InChI is InChI=1S/C11H8ClN3O4/c12-8-1-2-10(9(3-8)15(17)18)19-11-13-4-7(6-16)5-14-11/h1-5,16H,6H2. The van der Waals surface area contributed by atoms with Crippen molar-refractivity contribution in [1.29, 1.82) is 0 Å². The number of aliphatic hydroxyl groups is 1. The molecule has 7 nitrogen and oxygen atoms in total. The van der Waals surface area contributed by atoms with Crippen molar-refractivity contribution in [1.82, 2.24) is 9.97 Å². The highest BCUT2D eigenvalue weighted by Crippen LogP contribution is 2.32. The maximum atomic E-state index is 10.9. The van der Waals surface area contributed by atoms with Gasteiger partial charge in [0.15, 0.2) is 0 Å². The summed E-state index contributed by atoms with van der Waals surface area (Å²) in [6.07, 6.45) is 2.73. The molecule has 0 atom stereocenters. The van der Waals surface area contributed by atoms with E-state index in [4.69, 9.17) is 21.4 Å². The molecule has 0 saturated heterocycles. The molecule has 0 aliphatic carbocycles. The zero-order chi connectivity index (χ0) is 13.8. The van der Waals surface area contributed by atoms with E-state index in [2.05, 4.69) is 9.97 Å². The second kappa shape index (κ2) is 5.59. The Hall–Kier alpha value is -2.25. The summed E-state index contributed by atoms with van der Waals surface area (Å²) in [5.41, 5.74) is 0.236. The van der Waals surface area contributed by atoms with Crippen LogP contribution in [-0.4, -0.2) is 20.0 Å². The Morgan fingerprint density at radius 3 is 2.63 bits per heavy atom. The number of hydrogen-bond acceptors (Lipinski definition) is 6. The Morgan fingerprint density at radius 1 is 1.37 bits per heavy atom. The fourth-order valence-corrected chi connectivity index (χ4v) is 1.46. The summed E-state index contributed by atoms with van der Waals surface area (Å²) < 4.78 is 5.22. The molecule has 1 aromatic heterocycles. The van der Waals surface area contributed by atoms with Crippen LogP contribution < -0.4 is 4.74 Å². The zero-order valence-electron chi connectivity index (χ0n) is 9.49. The predicted molar refractivity (Wildman–Crippen MR) is 66.1 cm³/mol. The normalized spacial score (nSPS) is 10.2. The summed E-state index contributed by atoms with van der Waals surface area (Å²) in [7, 11) is 0. The lowest BCUT2D eigenvalue weighted by atomic mass is 10.3. The summed E-state index contributed by atoms with van der Waals surface area (Å²) in [6, 6.07) is 3.96. The molecule has 0 saturated carbocycles. The van der Waals surface area contributed by atoms with Gasteiger partial charge in [-0.1, -0.05) is 11.6 Å². The number of benzene rings is 1. The molecule has 0 amide bonds. The minimum atomic E-state index is -0.608. The van der Waals surface area contributed by atoms with Gasteiger partial charge in [-0.2, -0.15) is 0 Å². The van der Waals surface area contributed by atoms with Crippen LogP contribution in [0.1, 0.15) is 5.56 Å².